The summed E-state index contributed by atoms with van der Waals surface area (Å²) in [4.78, 5) is 31.1. The number of carboxylic acid groups (broad SMARTS) is 1. The van der Waals surface area contributed by atoms with Gasteiger partial charge in [0, 0.05) is 24.5 Å². The molecule has 6 heteroatoms. The number of carboxylic acids is 1. The number of hydrogen-bond acceptors (Lipinski definition) is 4. The zero-order valence-electron chi connectivity index (χ0n) is 18.9. The van der Waals surface area contributed by atoms with Crippen LogP contribution in [0.4, 0.5) is 0 Å². The van der Waals surface area contributed by atoms with Crippen LogP contribution in [-0.2, 0) is 29.0 Å². The molecule has 2 aromatic rings. The molecule has 0 spiro atoms. The Morgan fingerprint density at radius 3 is 2.45 bits per heavy atom. The van der Waals surface area contributed by atoms with Crippen LogP contribution in [-0.4, -0.2) is 39.5 Å². The summed E-state index contributed by atoms with van der Waals surface area (Å²) in [5, 5.41) is 9.49. The molecule has 0 unspecified atom stereocenters. The van der Waals surface area contributed by atoms with Gasteiger partial charge in [0.25, 0.3) is 0 Å². The van der Waals surface area contributed by atoms with E-state index in [0.717, 1.165) is 45.6 Å². The van der Waals surface area contributed by atoms with Gasteiger partial charge < -0.3 is 15.7 Å². The highest BCUT2D eigenvalue weighted by Gasteiger charge is 2.34. The topological polar surface area (TPSA) is 96.5 Å². The number of carbonyl (C=O) groups is 2. The Balaban J connectivity index is 2.11. The molecule has 1 saturated heterocycles. The van der Waals surface area contributed by atoms with E-state index in [4.69, 9.17) is 10.7 Å². The van der Waals surface area contributed by atoms with Crippen LogP contribution in [0, 0.1) is 19.8 Å². The van der Waals surface area contributed by atoms with Gasteiger partial charge >= 0.3 is 5.97 Å². The number of carbonyl (C=O) groups excluding carboxylic acids is 1. The van der Waals surface area contributed by atoms with Crippen molar-refractivity contribution in [2.24, 2.45) is 11.7 Å². The molecule has 166 valence electrons. The molecule has 0 saturated carbocycles. The Bertz CT molecular complexity index is 967. The molecule has 1 aromatic heterocycles. The van der Waals surface area contributed by atoms with Gasteiger partial charge in [-0.15, -0.1) is 0 Å². The monoisotopic (exact) mass is 423 g/mol. The average Bonchev–Trinajstić information content (AvgIpc) is 3.20. The van der Waals surface area contributed by atoms with Gasteiger partial charge in [-0.25, -0.2) is 4.79 Å². The Morgan fingerprint density at radius 1 is 1.19 bits per heavy atom. The van der Waals surface area contributed by atoms with Crippen LogP contribution in [0.3, 0.4) is 0 Å². The Kier molecular flexibility index (Phi) is 7.11. The summed E-state index contributed by atoms with van der Waals surface area (Å²) >= 11 is 0. The number of pyridine rings is 1. The summed E-state index contributed by atoms with van der Waals surface area (Å²) in [7, 11) is 0. The first-order chi connectivity index (χ1) is 14.7. The first kappa shape index (κ1) is 22.9. The van der Waals surface area contributed by atoms with E-state index in [9.17, 15) is 14.7 Å². The van der Waals surface area contributed by atoms with Crippen LogP contribution in [0.5, 0.6) is 0 Å². The van der Waals surface area contributed by atoms with Gasteiger partial charge in [-0.1, -0.05) is 43.7 Å². The molecular weight excluding hydrogens is 390 g/mol. The van der Waals surface area contributed by atoms with Crippen molar-refractivity contribution in [1.82, 2.24) is 9.88 Å². The molecule has 1 aliphatic heterocycles. The zero-order valence-corrected chi connectivity index (χ0v) is 18.9. The van der Waals surface area contributed by atoms with Gasteiger partial charge in [0.2, 0.25) is 5.91 Å². The van der Waals surface area contributed by atoms with Crippen molar-refractivity contribution in [3.63, 3.8) is 0 Å². The fourth-order valence-electron chi connectivity index (χ4n) is 4.48. The number of aliphatic carboxylic acids is 1. The predicted octanol–water partition coefficient (Wildman–Crippen LogP) is 3.64. The zero-order chi connectivity index (χ0) is 22.7. The number of hydrogen-bond donors (Lipinski definition) is 2. The second-order valence-electron chi connectivity index (χ2n) is 8.90. The average molecular weight is 424 g/mol. The number of benzene rings is 1. The molecule has 1 amide bonds. The highest BCUT2D eigenvalue weighted by Crippen LogP contribution is 2.33. The smallest absolute Gasteiger partial charge is 0.326 e. The van der Waals surface area contributed by atoms with Crippen molar-refractivity contribution in [3.8, 4) is 11.1 Å². The third-order valence-electron chi connectivity index (χ3n) is 6.02. The van der Waals surface area contributed by atoms with Crippen LogP contribution >= 0.6 is 0 Å². The normalized spacial score (nSPS) is 16.2. The molecule has 2 heterocycles. The maximum Gasteiger partial charge on any atom is 0.326 e. The van der Waals surface area contributed by atoms with Gasteiger partial charge in [0.15, 0.2) is 0 Å². The SMILES string of the molecule is Cc1ccc(-c2c(CC(=O)N3CCC[C@@H]3C(=O)O)c(C)nc(CC(C)C)c2CN)cc1. The van der Waals surface area contributed by atoms with Gasteiger partial charge in [-0.3, -0.25) is 9.78 Å². The van der Waals surface area contributed by atoms with E-state index in [0.29, 0.717) is 31.8 Å². The van der Waals surface area contributed by atoms with Gasteiger partial charge in [0.1, 0.15) is 6.04 Å². The minimum atomic E-state index is -0.936. The van der Waals surface area contributed by atoms with Crippen molar-refractivity contribution in [1.29, 1.82) is 0 Å². The quantitative estimate of drug-likeness (QED) is 0.709. The van der Waals surface area contributed by atoms with E-state index in [2.05, 4.69) is 38.1 Å². The largest absolute Gasteiger partial charge is 0.480 e. The van der Waals surface area contributed by atoms with E-state index >= 15 is 0 Å². The second kappa shape index (κ2) is 9.60. The number of aryl methyl sites for hydroxylation is 2. The molecular formula is C25H33N3O3. The van der Waals surface area contributed by atoms with Crippen LogP contribution < -0.4 is 5.73 Å². The standard InChI is InChI=1S/C25H33N3O3/c1-15(2)12-21-20(14-26)24(18-9-7-16(3)8-10-18)19(17(4)27-21)13-23(29)28-11-5-6-22(28)25(30)31/h7-10,15,22H,5-6,11-14,26H2,1-4H3,(H,30,31)/t22-/m1/s1. The summed E-state index contributed by atoms with van der Waals surface area (Å²) in [5.41, 5.74) is 13.0. The number of aromatic nitrogens is 1. The molecule has 3 rings (SSSR count). The fraction of sp³-hybridized carbons (Fsp3) is 0.480. The highest BCUT2D eigenvalue weighted by molar-refractivity contribution is 5.88. The molecule has 3 N–H and O–H groups in total. The minimum Gasteiger partial charge on any atom is -0.480 e. The summed E-state index contributed by atoms with van der Waals surface area (Å²) in [5.74, 6) is -0.673. The molecule has 1 aromatic carbocycles. The number of rotatable bonds is 7. The molecule has 31 heavy (non-hydrogen) atoms. The number of nitrogens with two attached hydrogens (primary N) is 1. The summed E-state index contributed by atoms with van der Waals surface area (Å²) in [6, 6.07) is 7.50. The lowest BCUT2D eigenvalue weighted by molar-refractivity contribution is -0.148. The van der Waals surface area contributed by atoms with Crippen molar-refractivity contribution in [2.75, 3.05) is 6.54 Å². The van der Waals surface area contributed by atoms with Crippen molar-refractivity contribution >= 4 is 11.9 Å². The maximum absolute atomic E-state index is 13.2. The molecule has 0 radical (unpaired) electrons. The van der Waals surface area contributed by atoms with E-state index in [-0.39, 0.29) is 12.3 Å². The van der Waals surface area contributed by atoms with Gasteiger partial charge in [0.05, 0.1) is 6.42 Å². The van der Waals surface area contributed by atoms with Crippen molar-refractivity contribution in [3.05, 3.63) is 52.3 Å². The lowest BCUT2D eigenvalue weighted by atomic mass is 9.88. The first-order valence-corrected chi connectivity index (χ1v) is 11.0. The Morgan fingerprint density at radius 2 is 1.87 bits per heavy atom. The van der Waals surface area contributed by atoms with Crippen LogP contribution in [0.25, 0.3) is 11.1 Å². The van der Waals surface area contributed by atoms with Gasteiger partial charge in [-0.05, 0) is 61.3 Å². The molecule has 0 aliphatic carbocycles. The molecule has 0 bridgehead atoms. The van der Waals surface area contributed by atoms with E-state index in [1.54, 1.807) is 0 Å². The summed E-state index contributed by atoms with van der Waals surface area (Å²) in [6.07, 6.45) is 2.16. The third kappa shape index (κ3) is 4.96. The summed E-state index contributed by atoms with van der Waals surface area (Å²) < 4.78 is 0. The van der Waals surface area contributed by atoms with E-state index < -0.39 is 12.0 Å². The Labute approximate surface area is 184 Å². The second-order valence-corrected chi connectivity index (χ2v) is 8.90. The van der Waals surface area contributed by atoms with E-state index in [1.807, 2.05) is 13.8 Å². The number of amides is 1. The molecule has 6 nitrogen and oxygen atoms in total. The predicted molar refractivity (Wildman–Crippen MR) is 122 cm³/mol. The molecule has 1 aliphatic rings. The lowest BCUT2D eigenvalue weighted by Gasteiger charge is -2.25. The highest BCUT2D eigenvalue weighted by atomic mass is 16.4. The lowest BCUT2D eigenvalue weighted by Crippen LogP contribution is -2.41. The first-order valence-electron chi connectivity index (χ1n) is 11.0. The van der Waals surface area contributed by atoms with E-state index in [1.165, 1.54) is 4.90 Å². The fourth-order valence-corrected chi connectivity index (χ4v) is 4.48. The van der Waals surface area contributed by atoms with Crippen molar-refractivity contribution in [2.45, 2.75) is 66.0 Å². The minimum absolute atomic E-state index is 0.126. The molecule has 1 atom stereocenters. The summed E-state index contributed by atoms with van der Waals surface area (Å²) in [6.45, 7) is 9.10. The maximum atomic E-state index is 13.2. The van der Waals surface area contributed by atoms with Crippen LogP contribution in [0.2, 0.25) is 0 Å². The van der Waals surface area contributed by atoms with Crippen molar-refractivity contribution < 1.29 is 14.7 Å². The number of nitrogens with zero attached hydrogens (tertiary/aromatic N) is 2. The van der Waals surface area contributed by atoms with Gasteiger partial charge in [-0.2, -0.15) is 0 Å². The molecule has 1 fully saturated rings. The van der Waals surface area contributed by atoms with Crippen LogP contribution in [0.1, 0.15) is 54.8 Å². The van der Waals surface area contributed by atoms with Crippen LogP contribution in [0.15, 0.2) is 24.3 Å². The number of likely N-dealkylation sites (tertiary alicyclic amines) is 1. The third-order valence-corrected chi connectivity index (χ3v) is 6.02. The Hall–Kier alpha value is -2.73.